The fourth-order valence-electron chi connectivity index (χ4n) is 3.09. The highest BCUT2D eigenvalue weighted by Gasteiger charge is 2.22. The van der Waals surface area contributed by atoms with Crippen molar-refractivity contribution in [1.29, 1.82) is 0 Å². The van der Waals surface area contributed by atoms with Crippen molar-refractivity contribution < 1.29 is 4.74 Å². The summed E-state index contributed by atoms with van der Waals surface area (Å²) in [6, 6.07) is 10.4. The lowest BCUT2D eigenvalue weighted by molar-refractivity contribution is 0.296. The third kappa shape index (κ3) is 6.68. The molecular formula is C23H29IN6O. The lowest BCUT2D eigenvalue weighted by atomic mass is 10.1. The number of guanidine groups is 1. The van der Waals surface area contributed by atoms with Crippen LogP contribution in [-0.4, -0.2) is 34.1 Å². The first-order valence-electron chi connectivity index (χ1n) is 10.3. The average Bonchev–Trinajstić information content (AvgIpc) is 3.44. The van der Waals surface area contributed by atoms with Crippen molar-refractivity contribution in [2.75, 3.05) is 13.7 Å². The number of nitrogens with one attached hydrogen (secondary N) is 2. The highest BCUT2D eigenvalue weighted by molar-refractivity contribution is 14.0. The minimum Gasteiger partial charge on any atom is -0.493 e. The van der Waals surface area contributed by atoms with Gasteiger partial charge in [-0.05, 0) is 48.9 Å². The maximum atomic E-state index is 6.06. The molecule has 8 heteroatoms. The summed E-state index contributed by atoms with van der Waals surface area (Å²) in [5.74, 6) is 3.28. The van der Waals surface area contributed by atoms with Gasteiger partial charge in [0.25, 0.3) is 0 Å². The molecule has 2 N–H and O–H groups in total. The number of aryl methyl sites for hydroxylation is 1. The molecule has 0 bridgehead atoms. The molecule has 1 fully saturated rings. The lowest BCUT2D eigenvalue weighted by Crippen LogP contribution is -2.36. The van der Waals surface area contributed by atoms with Crippen molar-refractivity contribution >= 4 is 29.9 Å². The first-order valence-corrected chi connectivity index (χ1v) is 10.3. The second-order valence-electron chi connectivity index (χ2n) is 7.64. The van der Waals surface area contributed by atoms with E-state index < -0.39 is 0 Å². The zero-order valence-corrected chi connectivity index (χ0v) is 20.2. The van der Waals surface area contributed by atoms with Gasteiger partial charge < -0.3 is 15.4 Å². The standard InChI is InChI=1S/C23H28N6O.HI/c1-17-3-7-20(21(11-17)30-15-18-4-5-18)14-28-23(24-2)27-13-19-6-8-22(26-12-19)29-10-9-25-16-29;/h3,6-12,16,18H,4-5,13-15H2,1-2H3,(H2,24,27,28);1H. The second-order valence-corrected chi connectivity index (χ2v) is 7.64. The fraction of sp³-hybridized carbons (Fsp3) is 0.348. The van der Waals surface area contributed by atoms with Crippen LogP contribution in [0.2, 0.25) is 0 Å². The number of ether oxygens (including phenoxy) is 1. The molecule has 2 aromatic heterocycles. The SMILES string of the molecule is CN=C(NCc1ccc(-n2ccnc2)nc1)NCc1ccc(C)cc1OCC1CC1.I. The molecule has 1 aromatic carbocycles. The quantitative estimate of drug-likeness (QED) is 0.262. The minimum atomic E-state index is 0. The molecule has 0 unspecified atom stereocenters. The van der Waals surface area contributed by atoms with E-state index in [2.05, 4.69) is 50.7 Å². The molecule has 164 valence electrons. The molecule has 1 aliphatic rings. The summed E-state index contributed by atoms with van der Waals surface area (Å²) < 4.78 is 7.94. The number of benzene rings is 1. The van der Waals surface area contributed by atoms with E-state index in [0.29, 0.717) is 13.1 Å². The largest absolute Gasteiger partial charge is 0.493 e. The molecule has 0 atom stereocenters. The molecular weight excluding hydrogens is 503 g/mol. The highest BCUT2D eigenvalue weighted by Crippen LogP contribution is 2.30. The van der Waals surface area contributed by atoms with Crippen LogP contribution < -0.4 is 15.4 Å². The van der Waals surface area contributed by atoms with Crippen LogP contribution in [0.4, 0.5) is 0 Å². The number of halogens is 1. The molecule has 0 amide bonds. The van der Waals surface area contributed by atoms with Crippen LogP contribution in [0, 0.1) is 12.8 Å². The van der Waals surface area contributed by atoms with Crippen molar-refractivity contribution in [3.8, 4) is 11.6 Å². The van der Waals surface area contributed by atoms with E-state index >= 15 is 0 Å². The van der Waals surface area contributed by atoms with Crippen LogP contribution in [0.15, 0.2) is 60.2 Å². The number of hydrogen-bond donors (Lipinski definition) is 2. The molecule has 31 heavy (non-hydrogen) atoms. The Balaban J connectivity index is 0.00000272. The van der Waals surface area contributed by atoms with Gasteiger partial charge in [0.05, 0.1) is 6.61 Å². The topological polar surface area (TPSA) is 76.4 Å². The molecule has 7 nitrogen and oxygen atoms in total. The molecule has 0 aliphatic heterocycles. The monoisotopic (exact) mass is 532 g/mol. The number of pyridine rings is 1. The molecule has 0 spiro atoms. The summed E-state index contributed by atoms with van der Waals surface area (Å²) in [4.78, 5) is 12.9. The predicted molar refractivity (Wildman–Crippen MR) is 133 cm³/mol. The smallest absolute Gasteiger partial charge is 0.191 e. The van der Waals surface area contributed by atoms with E-state index in [9.17, 15) is 0 Å². The summed E-state index contributed by atoms with van der Waals surface area (Å²) >= 11 is 0. The molecule has 0 radical (unpaired) electrons. The van der Waals surface area contributed by atoms with Crippen molar-refractivity contribution in [3.05, 3.63) is 71.9 Å². The van der Waals surface area contributed by atoms with E-state index in [0.717, 1.165) is 41.2 Å². The Morgan fingerprint density at radius 1 is 1.19 bits per heavy atom. The summed E-state index contributed by atoms with van der Waals surface area (Å²) in [7, 11) is 1.77. The fourth-order valence-corrected chi connectivity index (χ4v) is 3.09. The van der Waals surface area contributed by atoms with Crippen LogP contribution in [0.1, 0.15) is 29.5 Å². The number of nitrogens with zero attached hydrogens (tertiary/aromatic N) is 4. The van der Waals surface area contributed by atoms with E-state index in [1.54, 1.807) is 19.6 Å². The van der Waals surface area contributed by atoms with Crippen molar-refractivity contribution in [3.63, 3.8) is 0 Å². The van der Waals surface area contributed by atoms with Gasteiger partial charge in [-0.3, -0.25) is 9.56 Å². The minimum absolute atomic E-state index is 0. The Labute approximate surface area is 200 Å². The van der Waals surface area contributed by atoms with Gasteiger partial charge in [-0.15, -0.1) is 24.0 Å². The predicted octanol–water partition coefficient (Wildman–Crippen LogP) is 3.85. The van der Waals surface area contributed by atoms with Crippen LogP contribution in [0.5, 0.6) is 5.75 Å². The van der Waals surface area contributed by atoms with Gasteiger partial charge in [-0.25, -0.2) is 9.97 Å². The number of imidazole rings is 1. The van der Waals surface area contributed by atoms with Crippen LogP contribution in [-0.2, 0) is 13.1 Å². The van der Waals surface area contributed by atoms with Crippen molar-refractivity contribution in [2.45, 2.75) is 32.9 Å². The Kier molecular flexibility index (Phi) is 8.27. The summed E-state index contributed by atoms with van der Waals surface area (Å²) in [5, 5.41) is 6.72. The molecule has 2 heterocycles. The van der Waals surface area contributed by atoms with E-state index in [1.165, 1.54) is 18.4 Å². The zero-order valence-electron chi connectivity index (χ0n) is 17.9. The average molecular weight is 532 g/mol. The number of hydrogen-bond acceptors (Lipinski definition) is 4. The summed E-state index contributed by atoms with van der Waals surface area (Å²) in [6.45, 7) is 4.19. The van der Waals surface area contributed by atoms with E-state index in [-0.39, 0.29) is 24.0 Å². The Morgan fingerprint density at radius 3 is 2.71 bits per heavy atom. The Bertz CT molecular complexity index is 984. The van der Waals surface area contributed by atoms with E-state index in [4.69, 9.17) is 4.74 Å². The third-order valence-corrected chi connectivity index (χ3v) is 5.10. The molecule has 3 aromatic rings. The summed E-state index contributed by atoms with van der Waals surface area (Å²) in [5.41, 5.74) is 3.42. The van der Waals surface area contributed by atoms with Crippen LogP contribution >= 0.6 is 24.0 Å². The zero-order chi connectivity index (χ0) is 20.8. The van der Waals surface area contributed by atoms with Gasteiger partial charge in [0.1, 0.15) is 17.9 Å². The van der Waals surface area contributed by atoms with Crippen LogP contribution in [0.25, 0.3) is 5.82 Å². The molecule has 4 rings (SSSR count). The third-order valence-electron chi connectivity index (χ3n) is 5.10. The Morgan fingerprint density at radius 2 is 2.03 bits per heavy atom. The molecule has 1 aliphatic carbocycles. The van der Waals surface area contributed by atoms with Gasteiger partial charge in [0.2, 0.25) is 0 Å². The first kappa shape index (κ1) is 23.1. The van der Waals surface area contributed by atoms with Gasteiger partial charge >= 0.3 is 0 Å². The molecule has 1 saturated carbocycles. The molecule has 0 saturated heterocycles. The maximum Gasteiger partial charge on any atom is 0.191 e. The second kappa shape index (κ2) is 11.1. The van der Waals surface area contributed by atoms with Gasteiger partial charge in [0, 0.05) is 44.3 Å². The summed E-state index contributed by atoms with van der Waals surface area (Å²) in [6.07, 6.45) is 9.78. The number of aliphatic imine (C=N–C) groups is 1. The van der Waals surface area contributed by atoms with Crippen molar-refractivity contribution in [2.24, 2.45) is 10.9 Å². The maximum absolute atomic E-state index is 6.06. The van der Waals surface area contributed by atoms with Gasteiger partial charge in [-0.2, -0.15) is 0 Å². The highest BCUT2D eigenvalue weighted by atomic mass is 127. The lowest BCUT2D eigenvalue weighted by Gasteiger charge is -2.15. The van der Waals surface area contributed by atoms with Crippen molar-refractivity contribution in [1.82, 2.24) is 25.2 Å². The van der Waals surface area contributed by atoms with Crippen LogP contribution in [0.3, 0.4) is 0 Å². The number of rotatable bonds is 8. The first-order chi connectivity index (χ1) is 14.7. The van der Waals surface area contributed by atoms with E-state index in [1.807, 2.05) is 29.1 Å². The Hall–Kier alpha value is -2.62. The van der Waals surface area contributed by atoms with Gasteiger partial charge in [0.15, 0.2) is 5.96 Å². The normalized spacial score (nSPS) is 13.4. The van der Waals surface area contributed by atoms with Gasteiger partial charge in [-0.1, -0.05) is 18.2 Å². The number of aromatic nitrogens is 3.